The Morgan fingerprint density at radius 2 is 1.80 bits per heavy atom. The number of rotatable bonds is 3. The lowest BCUT2D eigenvalue weighted by atomic mass is 10.1. The molecule has 0 atom stereocenters. The second-order valence-corrected chi connectivity index (χ2v) is 3.10. The van der Waals surface area contributed by atoms with Gasteiger partial charge in [-0.15, -0.1) is 0 Å². The Morgan fingerprint density at radius 1 is 1.20 bits per heavy atom. The van der Waals surface area contributed by atoms with Gasteiger partial charge in [-0.05, 0) is 24.5 Å². The van der Waals surface area contributed by atoms with Crippen LogP contribution in [0.25, 0.3) is 0 Å². The maximum absolute atomic E-state index is 2.25. The zero-order chi connectivity index (χ0) is 7.40. The molecule has 0 aliphatic carbocycles. The van der Waals surface area contributed by atoms with Crippen LogP contribution in [-0.4, -0.2) is 4.57 Å². The zero-order valence-electron chi connectivity index (χ0n) is 6.75. The van der Waals surface area contributed by atoms with Gasteiger partial charge in [-0.25, -0.2) is 0 Å². The molecule has 0 amide bonds. The standard InChI is InChI=1S/C9H15N/c1-9(2)5-8-10-6-3-4-7-10/h3-4,6-7,9H,5,8H2,1-2H3. The third-order valence-electron chi connectivity index (χ3n) is 1.63. The van der Waals surface area contributed by atoms with E-state index in [1.165, 1.54) is 6.42 Å². The summed E-state index contributed by atoms with van der Waals surface area (Å²) in [6.45, 7) is 5.66. The van der Waals surface area contributed by atoms with Crippen molar-refractivity contribution in [3.8, 4) is 0 Å². The first kappa shape index (κ1) is 7.39. The predicted molar refractivity (Wildman–Crippen MR) is 43.9 cm³/mol. The number of aryl methyl sites for hydroxylation is 1. The van der Waals surface area contributed by atoms with Gasteiger partial charge >= 0.3 is 0 Å². The summed E-state index contributed by atoms with van der Waals surface area (Å²) in [6, 6.07) is 4.14. The molecule has 1 heterocycles. The summed E-state index contributed by atoms with van der Waals surface area (Å²) >= 11 is 0. The first-order valence-corrected chi connectivity index (χ1v) is 3.90. The lowest BCUT2D eigenvalue weighted by Gasteiger charge is -2.04. The highest BCUT2D eigenvalue weighted by atomic mass is 14.9. The van der Waals surface area contributed by atoms with Gasteiger partial charge in [0.15, 0.2) is 0 Å². The van der Waals surface area contributed by atoms with Crippen molar-refractivity contribution in [1.29, 1.82) is 0 Å². The molecular formula is C9H15N. The highest BCUT2D eigenvalue weighted by Gasteiger charge is 1.92. The van der Waals surface area contributed by atoms with E-state index in [0.29, 0.717) is 0 Å². The monoisotopic (exact) mass is 137 g/mol. The molecule has 0 aromatic carbocycles. The number of hydrogen-bond donors (Lipinski definition) is 0. The molecule has 0 aliphatic rings. The van der Waals surface area contributed by atoms with Crippen molar-refractivity contribution < 1.29 is 0 Å². The summed E-state index contributed by atoms with van der Waals surface area (Å²) in [6.07, 6.45) is 5.50. The lowest BCUT2D eigenvalue weighted by Crippen LogP contribution is -1.97. The first-order valence-electron chi connectivity index (χ1n) is 3.90. The third-order valence-corrected chi connectivity index (χ3v) is 1.63. The minimum Gasteiger partial charge on any atom is -0.354 e. The topological polar surface area (TPSA) is 4.93 Å². The van der Waals surface area contributed by atoms with Gasteiger partial charge in [-0.3, -0.25) is 0 Å². The minimum absolute atomic E-state index is 0.808. The van der Waals surface area contributed by atoms with Crippen LogP contribution in [-0.2, 0) is 6.54 Å². The van der Waals surface area contributed by atoms with Gasteiger partial charge in [0, 0.05) is 18.9 Å². The largest absolute Gasteiger partial charge is 0.354 e. The SMILES string of the molecule is CC(C)CCn1cccc1. The van der Waals surface area contributed by atoms with E-state index < -0.39 is 0 Å². The molecule has 56 valence electrons. The van der Waals surface area contributed by atoms with Gasteiger partial charge in [0.05, 0.1) is 0 Å². The Hall–Kier alpha value is -0.720. The highest BCUT2D eigenvalue weighted by Crippen LogP contribution is 2.02. The normalized spacial score (nSPS) is 10.7. The van der Waals surface area contributed by atoms with Gasteiger partial charge in [0.25, 0.3) is 0 Å². The summed E-state index contributed by atoms with van der Waals surface area (Å²) < 4.78 is 2.22. The van der Waals surface area contributed by atoms with Crippen LogP contribution in [0.2, 0.25) is 0 Å². The van der Waals surface area contributed by atoms with E-state index in [0.717, 1.165) is 12.5 Å². The molecule has 0 radical (unpaired) electrons. The third kappa shape index (κ3) is 2.26. The fraction of sp³-hybridized carbons (Fsp3) is 0.556. The van der Waals surface area contributed by atoms with Crippen LogP contribution in [0.1, 0.15) is 20.3 Å². The highest BCUT2D eigenvalue weighted by molar-refractivity contribution is 4.89. The predicted octanol–water partition coefficient (Wildman–Crippen LogP) is 2.53. The maximum Gasteiger partial charge on any atom is 0.0222 e. The van der Waals surface area contributed by atoms with Crippen LogP contribution >= 0.6 is 0 Å². The molecule has 0 aliphatic heterocycles. The van der Waals surface area contributed by atoms with Crippen molar-refractivity contribution >= 4 is 0 Å². The molecule has 1 aromatic rings. The van der Waals surface area contributed by atoms with E-state index in [-0.39, 0.29) is 0 Å². The Bertz CT molecular complexity index is 163. The van der Waals surface area contributed by atoms with Gasteiger partial charge in [0.2, 0.25) is 0 Å². The van der Waals surface area contributed by atoms with E-state index in [4.69, 9.17) is 0 Å². The Morgan fingerprint density at radius 3 is 2.30 bits per heavy atom. The van der Waals surface area contributed by atoms with Crippen LogP contribution in [0.3, 0.4) is 0 Å². The van der Waals surface area contributed by atoms with Gasteiger partial charge in [0.1, 0.15) is 0 Å². The summed E-state index contributed by atoms with van der Waals surface area (Å²) in [4.78, 5) is 0. The molecule has 0 saturated carbocycles. The van der Waals surface area contributed by atoms with Gasteiger partial charge < -0.3 is 4.57 Å². The van der Waals surface area contributed by atoms with Gasteiger partial charge in [-0.2, -0.15) is 0 Å². The Labute approximate surface area is 62.7 Å². The van der Waals surface area contributed by atoms with Crippen LogP contribution in [0.5, 0.6) is 0 Å². The Kier molecular flexibility index (Phi) is 2.55. The van der Waals surface area contributed by atoms with Crippen molar-refractivity contribution in [2.75, 3.05) is 0 Å². The average Bonchev–Trinajstić information content (AvgIpc) is 2.34. The second-order valence-electron chi connectivity index (χ2n) is 3.10. The average molecular weight is 137 g/mol. The van der Waals surface area contributed by atoms with Crippen LogP contribution in [0.15, 0.2) is 24.5 Å². The summed E-state index contributed by atoms with van der Waals surface area (Å²) in [5.74, 6) is 0.808. The molecule has 1 heteroatoms. The van der Waals surface area contributed by atoms with E-state index in [1.807, 2.05) is 0 Å². The summed E-state index contributed by atoms with van der Waals surface area (Å²) in [7, 11) is 0. The van der Waals surface area contributed by atoms with Crippen LogP contribution in [0, 0.1) is 5.92 Å². The molecule has 1 rings (SSSR count). The molecule has 1 aromatic heterocycles. The van der Waals surface area contributed by atoms with Crippen LogP contribution < -0.4 is 0 Å². The van der Waals surface area contributed by atoms with Crippen molar-refractivity contribution in [2.45, 2.75) is 26.8 Å². The van der Waals surface area contributed by atoms with Gasteiger partial charge in [-0.1, -0.05) is 13.8 Å². The molecule has 1 nitrogen and oxygen atoms in total. The van der Waals surface area contributed by atoms with Crippen molar-refractivity contribution in [1.82, 2.24) is 4.57 Å². The molecular weight excluding hydrogens is 122 g/mol. The molecule has 0 spiro atoms. The van der Waals surface area contributed by atoms with Crippen molar-refractivity contribution in [3.05, 3.63) is 24.5 Å². The molecule has 0 bridgehead atoms. The van der Waals surface area contributed by atoms with Crippen molar-refractivity contribution in [2.24, 2.45) is 5.92 Å². The zero-order valence-corrected chi connectivity index (χ0v) is 6.75. The minimum atomic E-state index is 0.808. The van der Waals surface area contributed by atoms with E-state index >= 15 is 0 Å². The Balaban J connectivity index is 2.28. The lowest BCUT2D eigenvalue weighted by molar-refractivity contribution is 0.517. The fourth-order valence-corrected chi connectivity index (χ4v) is 0.927. The molecule has 10 heavy (non-hydrogen) atoms. The smallest absolute Gasteiger partial charge is 0.0222 e. The van der Waals surface area contributed by atoms with Crippen LogP contribution in [0.4, 0.5) is 0 Å². The summed E-state index contributed by atoms with van der Waals surface area (Å²) in [5, 5.41) is 0. The second kappa shape index (κ2) is 3.45. The van der Waals surface area contributed by atoms with E-state index in [1.54, 1.807) is 0 Å². The number of aromatic nitrogens is 1. The van der Waals surface area contributed by atoms with E-state index in [2.05, 4.69) is 42.9 Å². The quantitative estimate of drug-likeness (QED) is 0.603. The first-order chi connectivity index (χ1) is 4.79. The van der Waals surface area contributed by atoms with E-state index in [9.17, 15) is 0 Å². The molecule has 0 N–H and O–H groups in total. The maximum atomic E-state index is 2.25. The summed E-state index contributed by atoms with van der Waals surface area (Å²) in [5.41, 5.74) is 0. The molecule has 0 fully saturated rings. The number of nitrogens with zero attached hydrogens (tertiary/aromatic N) is 1. The number of hydrogen-bond acceptors (Lipinski definition) is 0. The fourth-order valence-electron chi connectivity index (χ4n) is 0.927. The molecule has 0 saturated heterocycles. The van der Waals surface area contributed by atoms with Crippen molar-refractivity contribution in [3.63, 3.8) is 0 Å². The molecule has 0 unspecified atom stereocenters.